The number of hydrogen-bond donors (Lipinski definition) is 2. The van der Waals surface area contributed by atoms with Crippen LogP contribution < -0.4 is 15.8 Å². The minimum Gasteiger partial charge on any atom is -0.493 e. The molecule has 0 atom stereocenters. The monoisotopic (exact) mass is 238 g/mol. The van der Waals surface area contributed by atoms with E-state index in [4.69, 9.17) is 22.7 Å². The van der Waals surface area contributed by atoms with Crippen molar-refractivity contribution in [2.75, 3.05) is 13.7 Å². The topological polar surface area (TPSA) is 64.3 Å². The molecule has 0 aliphatic rings. The van der Waals surface area contributed by atoms with Crippen molar-refractivity contribution in [2.24, 2.45) is 5.73 Å². The second-order valence-electron chi connectivity index (χ2n) is 3.16. The Kier molecular flexibility index (Phi) is 4.72. The summed E-state index contributed by atoms with van der Waals surface area (Å²) in [4.78, 5) is 11.3. The van der Waals surface area contributed by atoms with Gasteiger partial charge in [-0.2, -0.15) is 0 Å². The van der Waals surface area contributed by atoms with Crippen LogP contribution in [0.1, 0.15) is 12.0 Å². The van der Waals surface area contributed by atoms with Crippen LogP contribution >= 0.6 is 12.2 Å². The van der Waals surface area contributed by atoms with Crippen LogP contribution in [0.2, 0.25) is 0 Å². The third-order valence-electron chi connectivity index (χ3n) is 2.02. The lowest BCUT2D eigenvalue weighted by molar-refractivity contribution is -0.121. The van der Waals surface area contributed by atoms with Crippen molar-refractivity contribution in [1.82, 2.24) is 5.32 Å². The third-order valence-corrected chi connectivity index (χ3v) is 2.25. The summed E-state index contributed by atoms with van der Waals surface area (Å²) in [7, 11) is 1.60. The molecular formula is C11H14N2O2S. The van der Waals surface area contributed by atoms with Crippen molar-refractivity contribution in [3.05, 3.63) is 29.8 Å². The lowest BCUT2D eigenvalue weighted by Gasteiger charge is -2.06. The van der Waals surface area contributed by atoms with E-state index in [1.54, 1.807) is 31.3 Å². The summed E-state index contributed by atoms with van der Waals surface area (Å²) in [5, 5.41) is 2.52. The smallest absolute Gasteiger partial charge is 0.223 e. The highest BCUT2D eigenvalue weighted by atomic mass is 32.1. The lowest BCUT2D eigenvalue weighted by Crippen LogP contribution is -2.20. The molecule has 86 valence electrons. The van der Waals surface area contributed by atoms with Crippen LogP contribution in [0.3, 0.4) is 0 Å². The van der Waals surface area contributed by atoms with Crippen molar-refractivity contribution >= 4 is 23.1 Å². The molecule has 16 heavy (non-hydrogen) atoms. The van der Waals surface area contributed by atoms with Gasteiger partial charge in [0.15, 0.2) is 0 Å². The fraction of sp³-hybridized carbons (Fsp3) is 0.273. The molecule has 1 aromatic rings. The number of hydrogen-bond acceptors (Lipinski definition) is 3. The van der Waals surface area contributed by atoms with E-state index in [-0.39, 0.29) is 5.91 Å². The van der Waals surface area contributed by atoms with Crippen molar-refractivity contribution in [1.29, 1.82) is 0 Å². The number of benzene rings is 1. The van der Waals surface area contributed by atoms with Crippen molar-refractivity contribution in [3.63, 3.8) is 0 Å². The molecule has 0 aromatic heterocycles. The first-order valence-corrected chi connectivity index (χ1v) is 5.27. The standard InChI is InChI=1S/C11H14N2O2S/c1-13-10(14)6-7-15-9-4-2-8(3-5-9)11(12)16/h2-5H,6-7H2,1H3,(H2,12,16)(H,13,14). The van der Waals surface area contributed by atoms with Crippen LogP contribution in [0.25, 0.3) is 0 Å². The number of amides is 1. The van der Waals surface area contributed by atoms with Gasteiger partial charge < -0.3 is 15.8 Å². The number of rotatable bonds is 5. The summed E-state index contributed by atoms with van der Waals surface area (Å²) in [6.45, 7) is 0.353. The van der Waals surface area contributed by atoms with Gasteiger partial charge in [0, 0.05) is 12.6 Å². The normalized spacial score (nSPS) is 9.56. The average Bonchev–Trinajstić information content (AvgIpc) is 2.29. The van der Waals surface area contributed by atoms with Gasteiger partial charge in [-0.3, -0.25) is 4.79 Å². The number of ether oxygens (including phenoxy) is 1. The second kappa shape index (κ2) is 6.07. The van der Waals surface area contributed by atoms with Crippen molar-refractivity contribution < 1.29 is 9.53 Å². The van der Waals surface area contributed by atoms with Gasteiger partial charge in [-0.1, -0.05) is 12.2 Å². The number of carbonyl (C=O) groups is 1. The maximum absolute atomic E-state index is 10.9. The first-order chi connectivity index (χ1) is 7.63. The first kappa shape index (κ1) is 12.4. The molecule has 0 aliphatic carbocycles. The number of thiocarbonyl (C=S) groups is 1. The van der Waals surface area contributed by atoms with Crippen LogP contribution in [0, 0.1) is 0 Å². The summed E-state index contributed by atoms with van der Waals surface area (Å²) in [6.07, 6.45) is 0.341. The predicted octanol–water partition coefficient (Wildman–Crippen LogP) is 0.836. The van der Waals surface area contributed by atoms with Gasteiger partial charge in [0.05, 0.1) is 13.0 Å². The Balaban J connectivity index is 2.43. The van der Waals surface area contributed by atoms with Gasteiger partial charge in [-0.15, -0.1) is 0 Å². The summed E-state index contributed by atoms with van der Waals surface area (Å²) in [5.74, 6) is 0.656. The minimum absolute atomic E-state index is 0.0419. The zero-order valence-electron chi connectivity index (χ0n) is 9.03. The van der Waals surface area contributed by atoms with E-state index in [0.29, 0.717) is 23.8 Å². The highest BCUT2D eigenvalue weighted by molar-refractivity contribution is 7.80. The fourth-order valence-corrected chi connectivity index (χ4v) is 1.24. The molecule has 0 fully saturated rings. The number of nitrogens with one attached hydrogen (secondary N) is 1. The van der Waals surface area contributed by atoms with Crippen LogP contribution in [0.15, 0.2) is 24.3 Å². The Hall–Kier alpha value is -1.62. The van der Waals surface area contributed by atoms with Crippen LogP contribution in [0.5, 0.6) is 5.75 Å². The molecule has 0 spiro atoms. The Morgan fingerprint density at radius 2 is 2.06 bits per heavy atom. The van der Waals surface area contributed by atoms with E-state index in [1.807, 2.05) is 0 Å². The molecule has 0 unspecified atom stereocenters. The molecule has 5 heteroatoms. The zero-order valence-corrected chi connectivity index (χ0v) is 9.84. The van der Waals surface area contributed by atoms with Gasteiger partial charge in [-0.25, -0.2) is 0 Å². The molecule has 3 N–H and O–H groups in total. The molecule has 0 saturated carbocycles. The van der Waals surface area contributed by atoms with Crippen LogP contribution in [-0.2, 0) is 4.79 Å². The van der Waals surface area contributed by atoms with E-state index < -0.39 is 0 Å². The van der Waals surface area contributed by atoms with E-state index in [1.165, 1.54) is 0 Å². The maximum atomic E-state index is 10.9. The van der Waals surface area contributed by atoms with Crippen LogP contribution in [0.4, 0.5) is 0 Å². The second-order valence-corrected chi connectivity index (χ2v) is 3.60. The van der Waals surface area contributed by atoms with Gasteiger partial charge >= 0.3 is 0 Å². The molecule has 1 aromatic carbocycles. The number of nitrogens with two attached hydrogens (primary N) is 1. The molecular weight excluding hydrogens is 224 g/mol. The van der Waals surface area contributed by atoms with Crippen molar-refractivity contribution in [3.8, 4) is 5.75 Å². The van der Waals surface area contributed by atoms with Gasteiger partial charge in [0.25, 0.3) is 0 Å². The Morgan fingerprint density at radius 1 is 1.44 bits per heavy atom. The van der Waals surface area contributed by atoms with Gasteiger partial charge in [0.2, 0.25) is 5.91 Å². The van der Waals surface area contributed by atoms with E-state index in [0.717, 1.165) is 5.56 Å². The molecule has 0 radical (unpaired) electrons. The molecule has 0 saturated heterocycles. The SMILES string of the molecule is CNC(=O)CCOc1ccc(C(N)=S)cc1. The zero-order chi connectivity index (χ0) is 12.0. The van der Waals surface area contributed by atoms with Gasteiger partial charge in [-0.05, 0) is 24.3 Å². The molecule has 4 nitrogen and oxygen atoms in total. The molecule has 0 heterocycles. The average molecular weight is 238 g/mol. The summed E-state index contributed by atoms with van der Waals surface area (Å²) < 4.78 is 5.37. The fourth-order valence-electron chi connectivity index (χ4n) is 1.10. The largest absolute Gasteiger partial charge is 0.493 e. The molecule has 0 bridgehead atoms. The lowest BCUT2D eigenvalue weighted by atomic mass is 10.2. The molecule has 0 aliphatic heterocycles. The minimum atomic E-state index is -0.0419. The van der Waals surface area contributed by atoms with Crippen LogP contribution in [-0.4, -0.2) is 24.6 Å². The maximum Gasteiger partial charge on any atom is 0.223 e. The predicted molar refractivity (Wildman–Crippen MR) is 66.5 cm³/mol. The highest BCUT2D eigenvalue weighted by Crippen LogP contribution is 2.12. The summed E-state index contributed by atoms with van der Waals surface area (Å²) >= 11 is 4.83. The Labute approximate surface area is 99.8 Å². The highest BCUT2D eigenvalue weighted by Gasteiger charge is 2.00. The Morgan fingerprint density at radius 3 is 2.56 bits per heavy atom. The summed E-state index contributed by atoms with van der Waals surface area (Å²) in [5.41, 5.74) is 6.26. The number of carbonyl (C=O) groups excluding carboxylic acids is 1. The summed E-state index contributed by atoms with van der Waals surface area (Å²) in [6, 6.07) is 7.13. The van der Waals surface area contributed by atoms with E-state index in [9.17, 15) is 4.79 Å². The first-order valence-electron chi connectivity index (χ1n) is 4.86. The van der Waals surface area contributed by atoms with Gasteiger partial charge in [0.1, 0.15) is 10.7 Å². The quantitative estimate of drug-likeness (QED) is 0.746. The van der Waals surface area contributed by atoms with E-state index >= 15 is 0 Å². The third kappa shape index (κ3) is 3.86. The van der Waals surface area contributed by atoms with E-state index in [2.05, 4.69) is 5.32 Å². The molecule has 1 rings (SSSR count). The Bertz CT molecular complexity index is 376. The molecule has 1 amide bonds. The van der Waals surface area contributed by atoms with Crippen molar-refractivity contribution in [2.45, 2.75) is 6.42 Å².